The molecule has 3 nitrogen and oxygen atoms in total. The Morgan fingerprint density at radius 3 is 2.78 bits per heavy atom. The molecule has 2 rings (SSSR count). The van der Waals surface area contributed by atoms with E-state index in [1.807, 2.05) is 18.2 Å². The van der Waals surface area contributed by atoms with Crippen molar-refractivity contribution in [3.63, 3.8) is 0 Å². The lowest BCUT2D eigenvalue weighted by atomic mass is 10.1. The Balaban J connectivity index is 2.29. The van der Waals surface area contributed by atoms with E-state index in [1.54, 1.807) is 0 Å². The summed E-state index contributed by atoms with van der Waals surface area (Å²) in [6, 6.07) is 8.06. The minimum absolute atomic E-state index is 0.165. The molecule has 1 aromatic heterocycles. The van der Waals surface area contributed by atoms with Crippen molar-refractivity contribution in [1.82, 2.24) is 10.1 Å². The predicted octanol–water partition coefficient (Wildman–Crippen LogP) is 4.38. The van der Waals surface area contributed by atoms with Gasteiger partial charge in [0, 0.05) is 5.56 Å². The second kappa shape index (κ2) is 6.01. The van der Waals surface area contributed by atoms with E-state index in [4.69, 9.17) is 16.1 Å². The maximum absolute atomic E-state index is 6.20. The number of aryl methyl sites for hydroxylation is 1. The molecule has 1 atom stereocenters. The number of aromatic nitrogens is 2. The van der Waals surface area contributed by atoms with Gasteiger partial charge in [-0.3, -0.25) is 0 Å². The van der Waals surface area contributed by atoms with Gasteiger partial charge >= 0.3 is 0 Å². The predicted molar refractivity (Wildman–Crippen MR) is 72.6 cm³/mol. The van der Waals surface area contributed by atoms with Crippen LogP contribution in [0.5, 0.6) is 0 Å². The molecule has 1 unspecified atom stereocenters. The Kier molecular flexibility index (Phi) is 4.37. The number of rotatable bonds is 5. The molecule has 0 N–H and O–H groups in total. The van der Waals surface area contributed by atoms with Gasteiger partial charge in [-0.05, 0) is 24.5 Å². The van der Waals surface area contributed by atoms with Crippen molar-refractivity contribution in [1.29, 1.82) is 0 Å². The van der Waals surface area contributed by atoms with Crippen molar-refractivity contribution >= 4 is 11.6 Å². The monoisotopic (exact) mass is 264 g/mol. The highest BCUT2D eigenvalue weighted by Gasteiger charge is 2.17. The van der Waals surface area contributed by atoms with E-state index in [0.717, 1.165) is 24.8 Å². The summed E-state index contributed by atoms with van der Waals surface area (Å²) < 4.78 is 5.32. The number of alkyl halides is 1. The Labute approximate surface area is 112 Å². The number of hydrogen-bond donors (Lipinski definition) is 0. The first-order valence-corrected chi connectivity index (χ1v) is 6.75. The third-order valence-corrected chi connectivity index (χ3v) is 3.31. The molecular formula is C14H17ClN2O. The van der Waals surface area contributed by atoms with E-state index >= 15 is 0 Å². The van der Waals surface area contributed by atoms with Crippen LogP contribution >= 0.6 is 11.6 Å². The molecule has 0 amide bonds. The Hall–Kier alpha value is -1.35. The minimum atomic E-state index is -0.165. The zero-order chi connectivity index (χ0) is 13.0. The summed E-state index contributed by atoms with van der Waals surface area (Å²) in [5.41, 5.74) is 2.20. The highest BCUT2D eigenvalue weighted by atomic mass is 35.5. The molecule has 0 bridgehead atoms. The standard InChI is InChI=1S/C14H17ClN2O/c1-3-7-12(15)13-16-14(18-17-13)11-9-6-5-8-10(11)4-2/h5-6,8-9,12H,3-4,7H2,1-2H3. The average molecular weight is 265 g/mol. The van der Waals surface area contributed by atoms with Gasteiger partial charge in [-0.1, -0.05) is 43.6 Å². The van der Waals surface area contributed by atoms with Crippen LogP contribution in [0.4, 0.5) is 0 Å². The number of hydrogen-bond acceptors (Lipinski definition) is 3. The number of benzene rings is 1. The second-order valence-electron chi connectivity index (χ2n) is 4.22. The molecule has 4 heteroatoms. The minimum Gasteiger partial charge on any atom is -0.334 e. The molecular weight excluding hydrogens is 248 g/mol. The van der Waals surface area contributed by atoms with Gasteiger partial charge in [0.2, 0.25) is 0 Å². The van der Waals surface area contributed by atoms with Crippen molar-refractivity contribution in [2.45, 2.75) is 38.5 Å². The largest absolute Gasteiger partial charge is 0.334 e. The van der Waals surface area contributed by atoms with Gasteiger partial charge in [0.25, 0.3) is 5.89 Å². The molecule has 0 aliphatic heterocycles. The smallest absolute Gasteiger partial charge is 0.258 e. The molecule has 1 aromatic carbocycles. The summed E-state index contributed by atoms with van der Waals surface area (Å²) in [4.78, 5) is 4.40. The third kappa shape index (κ3) is 2.72. The molecule has 2 aromatic rings. The van der Waals surface area contributed by atoms with Gasteiger partial charge < -0.3 is 4.52 Å². The van der Waals surface area contributed by atoms with E-state index in [0.29, 0.717) is 11.7 Å². The summed E-state index contributed by atoms with van der Waals surface area (Å²) in [7, 11) is 0. The third-order valence-electron chi connectivity index (χ3n) is 2.89. The maximum Gasteiger partial charge on any atom is 0.258 e. The highest BCUT2D eigenvalue weighted by molar-refractivity contribution is 6.20. The van der Waals surface area contributed by atoms with Crippen LogP contribution in [0.2, 0.25) is 0 Å². The highest BCUT2D eigenvalue weighted by Crippen LogP contribution is 2.27. The fraction of sp³-hybridized carbons (Fsp3) is 0.429. The first kappa shape index (κ1) is 13.1. The Morgan fingerprint density at radius 1 is 1.28 bits per heavy atom. The van der Waals surface area contributed by atoms with E-state index in [-0.39, 0.29) is 5.38 Å². The van der Waals surface area contributed by atoms with Crippen LogP contribution in [0.1, 0.15) is 43.5 Å². The Morgan fingerprint density at radius 2 is 2.06 bits per heavy atom. The molecule has 0 fully saturated rings. The molecule has 0 saturated heterocycles. The normalized spacial score (nSPS) is 12.6. The van der Waals surface area contributed by atoms with Crippen LogP contribution < -0.4 is 0 Å². The quantitative estimate of drug-likeness (QED) is 0.753. The number of nitrogens with zero attached hydrogens (tertiary/aromatic N) is 2. The van der Waals surface area contributed by atoms with Crippen molar-refractivity contribution in [2.75, 3.05) is 0 Å². The van der Waals surface area contributed by atoms with Gasteiger partial charge in [0.05, 0.1) is 5.38 Å². The van der Waals surface area contributed by atoms with Gasteiger partial charge in [-0.2, -0.15) is 4.98 Å². The molecule has 0 aliphatic carbocycles. The van der Waals surface area contributed by atoms with Gasteiger partial charge in [-0.25, -0.2) is 0 Å². The number of halogens is 1. The SMILES string of the molecule is CCCC(Cl)c1noc(-c2ccccc2CC)n1. The fourth-order valence-electron chi connectivity index (χ4n) is 1.89. The lowest BCUT2D eigenvalue weighted by molar-refractivity contribution is 0.420. The molecule has 96 valence electrons. The van der Waals surface area contributed by atoms with E-state index < -0.39 is 0 Å². The van der Waals surface area contributed by atoms with Crippen LogP contribution in [-0.2, 0) is 6.42 Å². The lowest BCUT2D eigenvalue weighted by Gasteiger charge is -2.02. The Bertz CT molecular complexity index is 510. The molecule has 18 heavy (non-hydrogen) atoms. The summed E-state index contributed by atoms with van der Waals surface area (Å²) in [6.45, 7) is 4.19. The van der Waals surface area contributed by atoms with Crippen LogP contribution in [0.15, 0.2) is 28.8 Å². The molecule has 1 heterocycles. The van der Waals surface area contributed by atoms with Crippen LogP contribution in [0.3, 0.4) is 0 Å². The summed E-state index contributed by atoms with van der Waals surface area (Å²) in [6.07, 6.45) is 2.80. The zero-order valence-corrected chi connectivity index (χ0v) is 11.4. The maximum atomic E-state index is 6.20. The summed E-state index contributed by atoms with van der Waals surface area (Å²) in [5.74, 6) is 1.14. The molecule has 0 radical (unpaired) electrons. The fourth-order valence-corrected chi connectivity index (χ4v) is 2.20. The first-order chi connectivity index (χ1) is 8.76. The topological polar surface area (TPSA) is 38.9 Å². The van der Waals surface area contributed by atoms with E-state index in [2.05, 4.69) is 30.1 Å². The van der Waals surface area contributed by atoms with Gasteiger partial charge in [-0.15, -0.1) is 11.6 Å². The average Bonchev–Trinajstić information content (AvgIpc) is 2.88. The molecule has 0 spiro atoms. The van der Waals surface area contributed by atoms with Crippen LogP contribution in [-0.4, -0.2) is 10.1 Å². The van der Waals surface area contributed by atoms with Crippen molar-refractivity contribution in [3.05, 3.63) is 35.7 Å². The van der Waals surface area contributed by atoms with Crippen molar-refractivity contribution in [2.24, 2.45) is 0 Å². The zero-order valence-electron chi connectivity index (χ0n) is 10.7. The van der Waals surface area contributed by atoms with Gasteiger partial charge in [0.15, 0.2) is 5.82 Å². The molecule has 0 aliphatic rings. The van der Waals surface area contributed by atoms with E-state index in [9.17, 15) is 0 Å². The van der Waals surface area contributed by atoms with Crippen LogP contribution in [0.25, 0.3) is 11.5 Å². The van der Waals surface area contributed by atoms with Crippen molar-refractivity contribution in [3.8, 4) is 11.5 Å². The van der Waals surface area contributed by atoms with Crippen molar-refractivity contribution < 1.29 is 4.52 Å². The summed E-state index contributed by atoms with van der Waals surface area (Å²) >= 11 is 6.20. The van der Waals surface area contributed by atoms with Gasteiger partial charge in [0.1, 0.15) is 0 Å². The second-order valence-corrected chi connectivity index (χ2v) is 4.75. The first-order valence-electron chi connectivity index (χ1n) is 6.32. The molecule has 0 saturated carbocycles. The van der Waals surface area contributed by atoms with Crippen LogP contribution in [0, 0.1) is 0 Å². The lowest BCUT2D eigenvalue weighted by Crippen LogP contribution is -1.93. The summed E-state index contributed by atoms with van der Waals surface area (Å²) in [5, 5.41) is 3.80. The van der Waals surface area contributed by atoms with E-state index in [1.165, 1.54) is 5.56 Å².